The highest BCUT2D eigenvalue weighted by Gasteiger charge is 2.69. The van der Waals surface area contributed by atoms with Crippen LogP contribution in [0.4, 0.5) is 10.2 Å². The van der Waals surface area contributed by atoms with Crippen molar-refractivity contribution in [3.8, 4) is 0 Å². The molecular weight excluding hydrogens is 608 g/mol. The molecule has 5 heterocycles. The number of rotatable bonds is 4. The van der Waals surface area contributed by atoms with Gasteiger partial charge in [-0.2, -0.15) is 0 Å². The molecule has 2 saturated carbocycles. The number of aromatic amines is 1. The van der Waals surface area contributed by atoms with E-state index in [2.05, 4.69) is 50.0 Å². The van der Waals surface area contributed by atoms with E-state index in [1.165, 1.54) is 6.20 Å². The Morgan fingerprint density at radius 2 is 1.84 bits per heavy atom. The van der Waals surface area contributed by atoms with Gasteiger partial charge in [0.2, 0.25) is 11.8 Å². The molecule has 4 aliphatic rings. The quantitative estimate of drug-likeness (QED) is 0.285. The minimum atomic E-state index is -0.741. The predicted molar refractivity (Wildman–Crippen MR) is 164 cm³/mol. The molecule has 0 bridgehead atoms. The molecule has 2 aliphatic heterocycles. The smallest absolute Gasteiger partial charge is 0.392 e. The van der Waals surface area contributed by atoms with E-state index in [0.717, 1.165) is 44.1 Å². The maximum Gasteiger partial charge on any atom is 0.434 e. The number of hydrogen-bond donors (Lipinski definition) is 4. The molecule has 0 radical (unpaired) electrons. The summed E-state index contributed by atoms with van der Waals surface area (Å²) in [5, 5.41) is 17.1. The molecule has 1 amide bonds. The van der Waals surface area contributed by atoms with Crippen molar-refractivity contribution >= 4 is 34.9 Å². The van der Waals surface area contributed by atoms with Gasteiger partial charge in [0.1, 0.15) is 11.0 Å². The number of pyridine rings is 2. The van der Waals surface area contributed by atoms with Gasteiger partial charge in [-0.05, 0) is 74.5 Å². The molecule has 234 valence electrons. The number of hydrogen-bond acceptors (Lipinski definition) is 8. The SMILES string of the molecule is CC1(C)CCC2(CC1)N[C@@H](C(=O)NC1CCC(c3n[nH]c(=O)o3)CC1)[C@H](c1ccnc(Cl)c1F)[C@]21CNc2nc(Cl)ccc21. The second-order valence-electron chi connectivity index (χ2n) is 13.7. The number of fused-ring (bicyclic) bond motifs is 3. The number of halogens is 3. The molecule has 3 aromatic heterocycles. The van der Waals surface area contributed by atoms with Crippen LogP contribution in [-0.4, -0.2) is 50.2 Å². The molecule has 3 fully saturated rings. The Kier molecular flexibility index (Phi) is 7.29. The van der Waals surface area contributed by atoms with Crippen LogP contribution in [-0.2, 0) is 10.2 Å². The highest BCUT2D eigenvalue weighted by Crippen LogP contribution is 2.63. The Morgan fingerprint density at radius 1 is 1.09 bits per heavy atom. The Balaban J connectivity index is 1.27. The van der Waals surface area contributed by atoms with Gasteiger partial charge in [0.05, 0.1) is 6.04 Å². The van der Waals surface area contributed by atoms with E-state index < -0.39 is 34.5 Å². The molecule has 13 heteroatoms. The third-order valence-corrected chi connectivity index (χ3v) is 11.3. The number of H-pyrrole nitrogens is 1. The minimum absolute atomic E-state index is 0.0185. The van der Waals surface area contributed by atoms with Crippen molar-refractivity contribution in [2.24, 2.45) is 5.41 Å². The molecule has 1 saturated heterocycles. The van der Waals surface area contributed by atoms with Gasteiger partial charge >= 0.3 is 5.76 Å². The number of carbonyl (C=O) groups is 1. The van der Waals surface area contributed by atoms with Crippen LogP contribution < -0.4 is 21.7 Å². The van der Waals surface area contributed by atoms with Gasteiger partial charge in [0.25, 0.3) is 0 Å². The molecule has 4 N–H and O–H groups in total. The normalized spacial score (nSPS) is 30.3. The van der Waals surface area contributed by atoms with E-state index in [9.17, 15) is 9.59 Å². The van der Waals surface area contributed by atoms with E-state index in [-0.39, 0.29) is 28.4 Å². The van der Waals surface area contributed by atoms with E-state index in [1.807, 2.05) is 6.07 Å². The fourth-order valence-corrected chi connectivity index (χ4v) is 8.83. The lowest BCUT2D eigenvalue weighted by Crippen LogP contribution is -2.60. The predicted octanol–water partition coefficient (Wildman–Crippen LogP) is 5.20. The summed E-state index contributed by atoms with van der Waals surface area (Å²) in [4.78, 5) is 34.5. The first-order valence-corrected chi connectivity index (χ1v) is 16.1. The lowest BCUT2D eigenvalue weighted by atomic mass is 9.54. The summed E-state index contributed by atoms with van der Waals surface area (Å²) in [6.45, 7) is 5.02. The fraction of sp³-hybridized carbons (Fsp3) is 0.581. The van der Waals surface area contributed by atoms with E-state index >= 15 is 4.39 Å². The van der Waals surface area contributed by atoms with Crippen molar-refractivity contribution in [2.45, 2.75) is 100 Å². The molecule has 44 heavy (non-hydrogen) atoms. The van der Waals surface area contributed by atoms with Crippen LogP contribution in [0, 0.1) is 11.2 Å². The number of aromatic nitrogens is 4. The second kappa shape index (κ2) is 10.8. The van der Waals surface area contributed by atoms with Crippen LogP contribution in [0.3, 0.4) is 0 Å². The highest BCUT2D eigenvalue weighted by atomic mass is 35.5. The zero-order valence-electron chi connectivity index (χ0n) is 24.7. The molecule has 0 aromatic carbocycles. The monoisotopic (exact) mass is 643 g/mol. The van der Waals surface area contributed by atoms with Crippen molar-refractivity contribution < 1.29 is 13.6 Å². The number of nitrogens with one attached hydrogen (secondary N) is 4. The molecule has 2 spiro atoms. The molecule has 0 unspecified atom stereocenters. The van der Waals surface area contributed by atoms with Crippen molar-refractivity contribution in [3.63, 3.8) is 0 Å². The van der Waals surface area contributed by atoms with E-state index in [1.54, 1.807) is 12.1 Å². The second-order valence-corrected chi connectivity index (χ2v) is 14.5. The summed E-state index contributed by atoms with van der Waals surface area (Å²) >= 11 is 12.6. The third-order valence-electron chi connectivity index (χ3n) is 10.9. The summed E-state index contributed by atoms with van der Waals surface area (Å²) in [7, 11) is 0. The summed E-state index contributed by atoms with van der Waals surface area (Å²) in [6.07, 6.45) is 7.89. The van der Waals surface area contributed by atoms with Gasteiger partial charge in [-0.15, -0.1) is 5.10 Å². The van der Waals surface area contributed by atoms with Crippen molar-refractivity contribution in [3.05, 3.63) is 68.1 Å². The first kappa shape index (κ1) is 29.7. The van der Waals surface area contributed by atoms with Crippen LogP contribution in [0.5, 0.6) is 0 Å². The van der Waals surface area contributed by atoms with Crippen molar-refractivity contribution in [1.29, 1.82) is 0 Å². The first-order chi connectivity index (χ1) is 21.0. The average Bonchev–Trinajstić information content (AvgIpc) is 3.68. The molecule has 10 nitrogen and oxygen atoms in total. The van der Waals surface area contributed by atoms with Crippen LogP contribution >= 0.6 is 23.2 Å². The van der Waals surface area contributed by atoms with Crippen molar-refractivity contribution in [1.82, 2.24) is 30.8 Å². The minimum Gasteiger partial charge on any atom is -0.392 e. The Morgan fingerprint density at radius 3 is 2.55 bits per heavy atom. The average molecular weight is 645 g/mol. The molecule has 3 aromatic rings. The zero-order chi connectivity index (χ0) is 30.9. The summed E-state index contributed by atoms with van der Waals surface area (Å²) in [5.41, 5.74) is 0.220. The lowest BCUT2D eigenvalue weighted by Gasteiger charge is -2.51. The van der Waals surface area contributed by atoms with Gasteiger partial charge in [-0.3, -0.25) is 10.1 Å². The number of amides is 1. The third kappa shape index (κ3) is 4.73. The fourth-order valence-electron chi connectivity index (χ4n) is 8.51. The topological polar surface area (TPSA) is 138 Å². The van der Waals surface area contributed by atoms with Crippen LogP contribution in [0.1, 0.15) is 94.1 Å². The Labute approximate surface area is 264 Å². The standard InChI is InChI=1S/C31H36Cl2FN7O3/c1-29(2)10-12-30(13-11-29)31(15-36-25-19(31)7-8-20(32)38-25)21(18-9-14-35-24(33)22(18)34)23(39-30)26(42)37-17-5-3-16(4-6-17)27-40-41-28(43)44-27/h7-9,14,16-17,21,23,39H,3-6,10-13,15H2,1-2H3,(H,36,38)(H,37,42)(H,41,43)/t16?,17?,21-,23+,31+/m0/s1. The molecule has 2 aliphatic carbocycles. The van der Waals surface area contributed by atoms with Gasteiger partial charge < -0.3 is 15.1 Å². The maximum absolute atomic E-state index is 16.1. The summed E-state index contributed by atoms with van der Waals surface area (Å²) in [5.74, 6) is -0.852. The van der Waals surface area contributed by atoms with Crippen LogP contribution in [0.25, 0.3) is 0 Å². The van der Waals surface area contributed by atoms with Crippen LogP contribution in [0.15, 0.2) is 33.6 Å². The Hall–Kier alpha value is -3.02. The van der Waals surface area contributed by atoms with E-state index in [0.29, 0.717) is 41.8 Å². The zero-order valence-corrected chi connectivity index (χ0v) is 26.2. The summed E-state index contributed by atoms with van der Waals surface area (Å²) < 4.78 is 21.2. The largest absolute Gasteiger partial charge is 0.434 e. The van der Waals surface area contributed by atoms with Crippen molar-refractivity contribution in [2.75, 3.05) is 11.9 Å². The first-order valence-electron chi connectivity index (χ1n) is 15.4. The van der Waals surface area contributed by atoms with E-state index in [4.69, 9.17) is 27.6 Å². The number of nitrogens with zero attached hydrogens (tertiary/aromatic N) is 3. The Bertz CT molecular complexity index is 1640. The highest BCUT2D eigenvalue weighted by molar-refractivity contribution is 6.29. The van der Waals surface area contributed by atoms with Gasteiger partial charge in [-0.1, -0.05) is 43.1 Å². The van der Waals surface area contributed by atoms with Crippen LogP contribution in [0.2, 0.25) is 10.3 Å². The van der Waals surface area contributed by atoms with Gasteiger partial charge in [-0.25, -0.2) is 24.3 Å². The number of anilines is 1. The van der Waals surface area contributed by atoms with Gasteiger partial charge in [0.15, 0.2) is 11.0 Å². The summed E-state index contributed by atoms with van der Waals surface area (Å²) in [6, 6.07) is 4.59. The van der Waals surface area contributed by atoms with Gasteiger partial charge in [0, 0.05) is 47.1 Å². The molecule has 7 rings (SSSR count). The molecular formula is C31H36Cl2FN7O3. The molecule has 3 atom stereocenters. The lowest BCUT2D eigenvalue weighted by molar-refractivity contribution is -0.124. The maximum atomic E-state index is 16.1. The number of carbonyl (C=O) groups excluding carboxylic acids is 1.